The SMILES string of the molecule is Cc1cc(C)c(C)c(S(=O)(=O)N2C(=S)NC(=O)C2Cc2ccccc2)c1C. The molecule has 5 nitrogen and oxygen atoms in total. The van der Waals surface area contributed by atoms with Crippen LogP contribution in [-0.4, -0.2) is 29.8 Å². The lowest BCUT2D eigenvalue weighted by atomic mass is 10.0. The molecule has 1 atom stereocenters. The number of benzene rings is 2. The molecule has 27 heavy (non-hydrogen) atoms. The summed E-state index contributed by atoms with van der Waals surface area (Å²) in [6.45, 7) is 7.34. The van der Waals surface area contributed by atoms with E-state index in [4.69, 9.17) is 12.2 Å². The summed E-state index contributed by atoms with van der Waals surface area (Å²) in [5, 5.41) is 2.45. The van der Waals surface area contributed by atoms with E-state index >= 15 is 0 Å². The third kappa shape index (κ3) is 3.37. The number of hydrogen-bond donors (Lipinski definition) is 1. The molecule has 0 saturated carbocycles. The van der Waals surface area contributed by atoms with Crippen molar-refractivity contribution in [2.24, 2.45) is 0 Å². The molecule has 0 aromatic heterocycles. The summed E-state index contributed by atoms with van der Waals surface area (Å²) < 4.78 is 28.2. The van der Waals surface area contributed by atoms with E-state index in [-0.39, 0.29) is 16.4 Å². The van der Waals surface area contributed by atoms with Crippen LogP contribution in [0.5, 0.6) is 0 Å². The molecule has 2 aromatic carbocycles. The molecule has 1 heterocycles. The Morgan fingerprint density at radius 3 is 2.15 bits per heavy atom. The Bertz CT molecular complexity index is 1000. The zero-order valence-electron chi connectivity index (χ0n) is 15.7. The van der Waals surface area contributed by atoms with Crippen LogP contribution in [0.1, 0.15) is 27.8 Å². The number of carbonyl (C=O) groups is 1. The van der Waals surface area contributed by atoms with Crippen LogP contribution in [-0.2, 0) is 21.2 Å². The zero-order chi connectivity index (χ0) is 19.9. The Morgan fingerprint density at radius 2 is 1.59 bits per heavy atom. The van der Waals surface area contributed by atoms with Crippen molar-refractivity contribution in [3.63, 3.8) is 0 Å². The molecule has 7 heteroatoms. The lowest BCUT2D eigenvalue weighted by Crippen LogP contribution is -2.42. The second-order valence-corrected chi connectivity index (χ2v) is 9.03. The number of hydrogen-bond acceptors (Lipinski definition) is 4. The number of nitrogens with zero attached hydrogens (tertiary/aromatic N) is 1. The Kier molecular flexibility index (Phi) is 5.10. The maximum Gasteiger partial charge on any atom is 0.267 e. The fourth-order valence-corrected chi connectivity index (χ4v) is 6.03. The predicted molar refractivity (Wildman–Crippen MR) is 109 cm³/mol. The lowest BCUT2D eigenvalue weighted by Gasteiger charge is -2.26. The Hall–Kier alpha value is -2.25. The molecule has 1 saturated heterocycles. The van der Waals surface area contributed by atoms with Crippen molar-refractivity contribution in [3.8, 4) is 0 Å². The first-order valence-electron chi connectivity index (χ1n) is 8.65. The largest absolute Gasteiger partial charge is 0.300 e. The number of carbonyl (C=O) groups excluding carboxylic acids is 1. The van der Waals surface area contributed by atoms with E-state index in [2.05, 4.69) is 5.32 Å². The van der Waals surface area contributed by atoms with Crippen molar-refractivity contribution in [3.05, 3.63) is 64.2 Å². The molecular weight excluding hydrogens is 380 g/mol. The summed E-state index contributed by atoms with van der Waals surface area (Å²) in [6, 6.07) is 10.4. The van der Waals surface area contributed by atoms with Gasteiger partial charge in [0.05, 0.1) is 4.90 Å². The van der Waals surface area contributed by atoms with E-state index in [0.29, 0.717) is 11.1 Å². The molecular formula is C20H22N2O3S2. The summed E-state index contributed by atoms with van der Waals surface area (Å²) in [5.41, 5.74) is 4.01. The summed E-state index contributed by atoms with van der Waals surface area (Å²) >= 11 is 5.23. The van der Waals surface area contributed by atoms with Crippen LogP contribution in [0.4, 0.5) is 0 Å². The first-order chi connectivity index (χ1) is 12.6. The maximum atomic E-state index is 13.6. The van der Waals surface area contributed by atoms with Gasteiger partial charge in [-0.1, -0.05) is 36.4 Å². The summed E-state index contributed by atoms with van der Waals surface area (Å²) in [5.74, 6) is -0.396. The van der Waals surface area contributed by atoms with Crippen LogP contribution in [0.15, 0.2) is 41.3 Å². The highest BCUT2D eigenvalue weighted by Gasteiger charge is 2.45. The van der Waals surface area contributed by atoms with E-state index in [1.165, 1.54) is 0 Å². The van der Waals surface area contributed by atoms with Crippen molar-refractivity contribution < 1.29 is 13.2 Å². The van der Waals surface area contributed by atoms with Crippen LogP contribution in [0.3, 0.4) is 0 Å². The summed E-state index contributed by atoms with van der Waals surface area (Å²) in [4.78, 5) is 12.7. The molecule has 1 aliphatic rings. The monoisotopic (exact) mass is 402 g/mol. The first kappa shape index (κ1) is 19.5. The molecule has 1 aliphatic heterocycles. The van der Waals surface area contributed by atoms with E-state index in [1.54, 1.807) is 13.8 Å². The van der Waals surface area contributed by atoms with Gasteiger partial charge < -0.3 is 5.32 Å². The van der Waals surface area contributed by atoms with Gasteiger partial charge in [-0.2, -0.15) is 0 Å². The Balaban J connectivity index is 2.12. The van der Waals surface area contributed by atoms with Crippen LogP contribution >= 0.6 is 12.2 Å². The normalized spacial score (nSPS) is 17.3. The van der Waals surface area contributed by atoms with Gasteiger partial charge in [0, 0.05) is 6.42 Å². The highest BCUT2D eigenvalue weighted by atomic mass is 32.2. The van der Waals surface area contributed by atoms with Gasteiger partial charge in [-0.05, 0) is 67.7 Å². The fraction of sp³-hybridized carbons (Fsp3) is 0.300. The fourth-order valence-electron chi connectivity index (χ4n) is 3.45. The van der Waals surface area contributed by atoms with Gasteiger partial charge in [-0.15, -0.1) is 0 Å². The number of nitrogens with one attached hydrogen (secondary N) is 1. The van der Waals surface area contributed by atoms with E-state index in [9.17, 15) is 13.2 Å². The predicted octanol–water partition coefficient (Wildman–Crippen LogP) is 2.94. The molecule has 1 N–H and O–H groups in total. The molecule has 1 fully saturated rings. The van der Waals surface area contributed by atoms with Crippen molar-refractivity contribution in [2.75, 3.05) is 0 Å². The molecule has 3 rings (SSSR count). The number of rotatable bonds is 4. The van der Waals surface area contributed by atoms with E-state index in [1.807, 2.05) is 50.2 Å². The molecule has 2 aromatic rings. The molecule has 0 aliphatic carbocycles. The highest BCUT2D eigenvalue weighted by molar-refractivity contribution is 7.91. The zero-order valence-corrected chi connectivity index (χ0v) is 17.4. The van der Waals surface area contributed by atoms with Crippen molar-refractivity contribution >= 4 is 33.3 Å². The topological polar surface area (TPSA) is 66.5 Å². The smallest absolute Gasteiger partial charge is 0.267 e. The highest BCUT2D eigenvalue weighted by Crippen LogP contribution is 2.31. The second kappa shape index (κ2) is 7.05. The van der Waals surface area contributed by atoms with Gasteiger partial charge in [0.1, 0.15) is 6.04 Å². The summed E-state index contributed by atoms with van der Waals surface area (Å²) in [6.07, 6.45) is 0.259. The molecule has 0 radical (unpaired) electrons. The van der Waals surface area contributed by atoms with Crippen molar-refractivity contribution in [1.29, 1.82) is 0 Å². The quantitative estimate of drug-likeness (QED) is 0.799. The standard InChI is InChI=1S/C20H22N2O3S2/c1-12-10-13(2)15(4)18(14(12)3)27(24,25)22-17(19(23)21-20(22)26)11-16-8-6-5-7-9-16/h5-10,17H,11H2,1-4H3,(H,21,23,26). The van der Waals surface area contributed by atoms with Crippen LogP contribution < -0.4 is 5.32 Å². The Morgan fingerprint density at radius 1 is 1.04 bits per heavy atom. The van der Waals surface area contributed by atoms with Crippen molar-refractivity contribution in [2.45, 2.75) is 45.1 Å². The number of thiocarbonyl (C=S) groups is 1. The number of aryl methyl sites for hydroxylation is 2. The third-order valence-electron chi connectivity index (χ3n) is 5.10. The van der Waals surface area contributed by atoms with Crippen LogP contribution in [0.2, 0.25) is 0 Å². The van der Waals surface area contributed by atoms with Gasteiger partial charge in [-0.25, -0.2) is 12.7 Å². The van der Waals surface area contributed by atoms with Gasteiger partial charge in [-0.3, -0.25) is 4.79 Å². The average Bonchev–Trinajstić information content (AvgIpc) is 2.88. The molecule has 0 spiro atoms. The molecule has 1 amide bonds. The van der Waals surface area contributed by atoms with Gasteiger partial charge in [0.25, 0.3) is 15.9 Å². The number of sulfonamides is 1. The summed E-state index contributed by atoms with van der Waals surface area (Å²) in [7, 11) is -3.99. The lowest BCUT2D eigenvalue weighted by molar-refractivity contribution is -0.120. The van der Waals surface area contributed by atoms with E-state index < -0.39 is 22.0 Å². The van der Waals surface area contributed by atoms with Crippen molar-refractivity contribution in [1.82, 2.24) is 9.62 Å². The molecule has 142 valence electrons. The minimum atomic E-state index is -3.99. The first-order valence-corrected chi connectivity index (χ1v) is 10.5. The molecule has 0 bridgehead atoms. The van der Waals surface area contributed by atoms with Gasteiger partial charge in [0.2, 0.25) is 0 Å². The second-order valence-electron chi connectivity index (χ2n) is 6.89. The van der Waals surface area contributed by atoms with E-state index in [0.717, 1.165) is 21.0 Å². The Labute approximate surface area is 165 Å². The van der Waals surface area contributed by atoms with Crippen LogP contribution in [0.25, 0.3) is 0 Å². The third-order valence-corrected chi connectivity index (χ3v) is 7.60. The van der Waals surface area contributed by atoms with Crippen LogP contribution in [0, 0.1) is 27.7 Å². The average molecular weight is 403 g/mol. The van der Waals surface area contributed by atoms with Gasteiger partial charge >= 0.3 is 0 Å². The minimum Gasteiger partial charge on any atom is -0.300 e. The molecule has 1 unspecified atom stereocenters. The number of amides is 1. The minimum absolute atomic E-state index is 0.0705. The maximum absolute atomic E-state index is 13.6. The van der Waals surface area contributed by atoms with Gasteiger partial charge in [0.15, 0.2) is 5.11 Å².